The van der Waals surface area contributed by atoms with Gasteiger partial charge in [0.2, 0.25) is 0 Å². The Morgan fingerprint density at radius 3 is 2.33 bits per heavy atom. The Morgan fingerprint density at radius 2 is 1.71 bits per heavy atom. The first kappa shape index (κ1) is 15.9. The summed E-state index contributed by atoms with van der Waals surface area (Å²) >= 11 is 3.57. The molecule has 0 spiro atoms. The first-order chi connectivity index (χ1) is 10.0. The zero-order chi connectivity index (χ0) is 15.4. The van der Waals surface area contributed by atoms with Crippen molar-refractivity contribution < 1.29 is 9.84 Å². The molecule has 0 aliphatic carbocycles. The molecule has 1 unspecified atom stereocenters. The second-order valence-electron chi connectivity index (χ2n) is 5.06. The van der Waals surface area contributed by atoms with Crippen LogP contribution in [-0.2, 0) is 0 Å². The van der Waals surface area contributed by atoms with Gasteiger partial charge in [0.25, 0.3) is 0 Å². The summed E-state index contributed by atoms with van der Waals surface area (Å²) in [7, 11) is 1.59. The summed E-state index contributed by atoms with van der Waals surface area (Å²) in [4.78, 5) is 0. The molecule has 0 bridgehead atoms. The molecular formula is C17H20BrNO2. The third-order valence-corrected chi connectivity index (χ3v) is 4.30. The average molecular weight is 350 g/mol. The molecule has 2 N–H and O–H groups in total. The lowest BCUT2D eigenvalue weighted by Gasteiger charge is -2.22. The summed E-state index contributed by atoms with van der Waals surface area (Å²) < 4.78 is 6.19. The number of phenolic OH excluding ortho intramolecular Hbond substituents is 1. The van der Waals surface area contributed by atoms with E-state index in [9.17, 15) is 5.11 Å². The molecule has 0 heterocycles. The molecule has 0 amide bonds. The van der Waals surface area contributed by atoms with E-state index in [-0.39, 0.29) is 17.8 Å². The number of ether oxygens (including phenoxy) is 1. The van der Waals surface area contributed by atoms with Crippen molar-refractivity contribution in [1.29, 1.82) is 0 Å². The summed E-state index contributed by atoms with van der Waals surface area (Å²) in [6, 6.07) is 13.7. The molecule has 0 aliphatic rings. The Balaban J connectivity index is 2.14. The lowest BCUT2D eigenvalue weighted by atomic mass is 10.0. The van der Waals surface area contributed by atoms with Crippen molar-refractivity contribution in [3.63, 3.8) is 0 Å². The normalized spacial score (nSPS) is 13.7. The molecule has 2 rings (SSSR count). The van der Waals surface area contributed by atoms with Crippen LogP contribution in [0.4, 0.5) is 0 Å². The quantitative estimate of drug-likeness (QED) is 0.830. The molecule has 0 radical (unpaired) electrons. The smallest absolute Gasteiger partial charge is 0.124 e. The second-order valence-corrected chi connectivity index (χ2v) is 5.91. The Labute approximate surface area is 134 Å². The highest BCUT2D eigenvalue weighted by Crippen LogP contribution is 2.31. The van der Waals surface area contributed by atoms with E-state index in [1.54, 1.807) is 13.2 Å². The van der Waals surface area contributed by atoms with Gasteiger partial charge in [-0.1, -0.05) is 40.2 Å². The number of nitrogens with one attached hydrogen (secondary N) is 1. The largest absolute Gasteiger partial charge is 0.507 e. The fourth-order valence-corrected chi connectivity index (χ4v) is 3.03. The summed E-state index contributed by atoms with van der Waals surface area (Å²) in [5, 5.41) is 13.6. The molecule has 2 atom stereocenters. The molecule has 3 nitrogen and oxygen atoms in total. The lowest BCUT2D eigenvalue weighted by Crippen LogP contribution is -2.22. The van der Waals surface area contributed by atoms with E-state index in [1.165, 1.54) is 5.56 Å². The molecular weight excluding hydrogens is 330 g/mol. The van der Waals surface area contributed by atoms with E-state index >= 15 is 0 Å². The third kappa shape index (κ3) is 3.77. The summed E-state index contributed by atoms with van der Waals surface area (Å²) in [5.74, 6) is 0.899. The van der Waals surface area contributed by atoms with Crippen LogP contribution in [0.2, 0.25) is 0 Å². The third-order valence-electron chi connectivity index (χ3n) is 3.58. The second kappa shape index (κ2) is 6.96. The van der Waals surface area contributed by atoms with Crippen molar-refractivity contribution in [2.24, 2.45) is 0 Å². The molecule has 0 aliphatic heterocycles. The molecule has 0 fully saturated rings. The van der Waals surface area contributed by atoms with Crippen LogP contribution < -0.4 is 10.1 Å². The van der Waals surface area contributed by atoms with Crippen LogP contribution in [0.15, 0.2) is 46.9 Å². The summed E-state index contributed by atoms with van der Waals surface area (Å²) in [5.41, 5.74) is 2.05. The molecule has 0 saturated carbocycles. The van der Waals surface area contributed by atoms with Crippen LogP contribution in [0.1, 0.15) is 37.1 Å². The number of rotatable bonds is 5. The number of hydrogen-bond acceptors (Lipinski definition) is 3. The van der Waals surface area contributed by atoms with E-state index in [2.05, 4.69) is 34.2 Å². The van der Waals surface area contributed by atoms with E-state index < -0.39 is 0 Å². The maximum absolute atomic E-state index is 10.1. The molecule has 2 aromatic rings. The number of methoxy groups -OCH3 is 1. The monoisotopic (exact) mass is 349 g/mol. The topological polar surface area (TPSA) is 41.5 Å². The highest BCUT2D eigenvalue weighted by molar-refractivity contribution is 9.10. The van der Waals surface area contributed by atoms with Crippen LogP contribution in [0, 0.1) is 0 Å². The highest BCUT2D eigenvalue weighted by Gasteiger charge is 2.16. The number of phenols is 1. The van der Waals surface area contributed by atoms with Gasteiger partial charge in [-0.15, -0.1) is 0 Å². The molecule has 0 aromatic heterocycles. The fourth-order valence-electron chi connectivity index (χ4n) is 2.40. The highest BCUT2D eigenvalue weighted by atomic mass is 79.9. The SMILES string of the molecule is COc1ccc(C(C)N[C@H](C)c2ccccc2Br)c(O)c1. The van der Waals surface area contributed by atoms with Gasteiger partial charge in [-0.3, -0.25) is 0 Å². The first-order valence-electron chi connectivity index (χ1n) is 6.90. The minimum Gasteiger partial charge on any atom is -0.507 e. The Bertz CT molecular complexity index is 615. The maximum atomic E-state index is 10.1. The van der Waals surface area contributed by atoms with Crippen molar-refractivity contribution in [1.82, 2.24) is 5.32 Å². The number of hydrogen-bond donors (Lipinski definition) is 2. The minimum absolute atomic E-state index is 0.0259. The van der Waals surface area contributed by atoms with Gasteiger partial charge in [-0.2, -0.15) is 0 Å². The number of benzene rings is 2. The summed E-state index contributed by atoms with van der Waals surface area (Å²) in [6.45, 7) is 4.14. The first-order valence-corrected chi connectivity index (χ1v) is 7.69. The van der Waals surface area contributed by atoms with Gasteiger partial charge in [-0.05, 0) is 31.5 Å². The van der Waals surface area contributed by atoms with Crippen molar-refractivity contribution in [2.75, 3.05) is 7.11 Å². The van der Waals surface area contributed by atoms with Crippen molar-refractivity contribution in [3.05, 3.63) is 58.1 Å². The standard InChI is InChI=1S/C17H20BrNO2/c1-11(14-6-4-5-7-16(14)18)19-12(2)15-9-8-13(21-3)10-17(15)20/h4-12,19-20H,1-3H3/t11-,12?/m1/s1. The Morgan fingerprint density at radius 1 is 1.05 bits per heavy atom. The zero-order valence-electron chi connectivity index (χ0n) is 12.4. The maximum Gasteiger partial charge on any atom is 0.124 e. The molecule has 4 heteroatoms. The van der Waals surface area contributed by atoms with Crippen LogP contribution in [0.5, 0.6) is 11.5 Å². The van der Waals surface area contributed by atoms with Gasteiger partial charge in [0.1, 0.15) is 11.5 Å². The van der Waals surface area contributed by atoms with Gasteiger partial charge < -0.3 is 15.2 Å². The van der Waals surface area contributed by atoms with E-state index in [0.29, 0.717) is 5.75 Å². The van der Waals surface area contributed by atoms with Gasteiger partial charge in [0.05, 0.1) is 7.11 Å². The van der Waals surface area contributed by atoms with E-state index in [0.717, 1.165) is 10.0 Å². The van der Waals surface area contributed by atoms with Crippen molar-refractivity contribution in [3.8, 4) is 11.5 Å². The predicted molar refractivity (Wildman–Crippen MR) is 88.8 cm³/mol. The van der Waals surface area contributed by atoms with Gasteiger partial charge in [-0.25, -0.2) is 0 Å². The van der Waals surface area contributed by atoms with Crippen molar-refractivity contribution >= 4 is 15.9 Å². The van der Waals surface area contributed by atoms with Crippen LogP contribution in [0.25, 0.3) is 0 Å². The number of aromatic hydroxyl groups is 1. The van der Waals surface area contributed by atoms with Crippen LogP contribution in [0.3, 0.4) is 0 Å². The Hall–Kier alpha value is -1.52. The minimum atomic E-state index is 0.0259. The van der Waals surface area contributed by atoms with Gasteiger partial charge in [0.15, 0.2) is 0 Å². The average Bonchev–Trinajstić information content (AvgIpc) is 2.47. The van der Waals surface area contributed by atoms with E-state index in [4.69, 9.17) is 4.74 Å². The van der Waals surface area contributed by atoms with Crippen LogP contribution in [-0.4, -0.2) is 12.2 Å². The molecule has 0 saturated heterocycles. The Kier molecular flexibility index (Phi) is 5.26. The fraction of sp³-hybridized carbons (Fsp3) is 0.294. The van der Waals surface area contributed by atoms with Crippen LogP contribution >= 0.6 is 15.9 Å². The molecule has 2 aromatic carbocycles. The van der Waals surface area contributed by atoms with E-state index in [1.807, 2.05) is 37.3 Å². The predicted octanol–water partition coefficient (Wildman–Crippen LogP) is 4.58. The van der Waals surface area contributed by atoms with Crippen molar-refractivity contribution in [2.45, 2.75) is 25.9 Å². The zero-order valence-corrected chi connectivity index (χ0v) is 14.0. The lowest BCUT2D eigenvalue weighted by molar-refractivity contribution is 0.402. The molecule has 21 heavy (non-hydrogen) atoms. The van der Waals surface area contributed by atoms with Gasteiger partial charge in [0, 0.05) is 28.2 Å². The summed E-state index contributed by atoms with van der Waals surface area (Å²) in [6.07, 6.45) is 0. The molecule has 112 valence electrons. The number of halogens is 1. The van der Waals surface area contributed by atoms with Gasteiger partial charge >= 0.3 is 0 Å².